The highest BCUT2D eigenvalue weighted by molar-refractivity contribution is 5.73. The topological polar surface area (TPSA) is 52.0 Å². The first-order valence-corrected chi connectivity index (χ1v) is 5.61. The minimum absolute atomic E-state index is 0.140. The molecule has 0 fully saturated rings. The SMILES string of the molecule is CC(C)(C)c1ccc2oc(CCN)nc2c1. The van der Waals surface area contributed by atoms with Gasteiger partial charge in [-0.25, -0.2) is 4.98 Å². The Bertz CT molecular complexity index is 494. The van der Waals surface area contributed by atoms with Gasteiger partial charge in [-0.2, -0.15) is 0 Å². The van der Waals surface area contributed by atoms with Crippen LogP contribution in [0.4, 0.5) is 0 Å². The lowest BCUT2D eigenvalue weighted by molar-refractivity contribution is 0.531. The van der Waals surface area contributed by atoms with Crippen molar-refractivity contribution in [3.63, 3.8) is 0 Å². The van der Waals surface area contributed by atoms with Crippen LogP contribution < -0.4 is 5.73 Å². The van der Waals surface area contributed by atoms with E-state index in [-0.39, 0.29) is 5.41 Å². The Morgan fingerprint density at radius 3 is 2.69 bits per heavy atom. The van der Waals surface area contributed by atoms with Crippen LogP contribution >= 0.6 is 0 Å². The molecule has 1 heterocycles. The van der Waals surface area contributed by atoms with E-state index in [0.29, 0.717) is 13.0 Å². The molecule has 1 aromatic heterocycles. The standard InChI is InChI=1S/C13H18N2O/c1-13(2,3)9-4-5-11-10(8-9)15-12(16-11)6-7-14/h4-5,8H,6-7,14H2,1-3H3. The Kier molecular flexibility index (Phi) is 2.72. The second kappa shape index (κ2) is 3.91. The molecule has 2 aromatic rings. The summed E-state index contributed by atoms with van der Waals surface area (Å²) in [5.41, 5.74) is 8.66. The molecule has 86 valence electrons. The van der Waals surface area contributed by atoms with Crippen LogP contribution in [-0.2, 0) is 11.8 Å². The summed E-state index contributed by atoms with van der Waals surface area (Å²) in [6, 6.07) is 6.18. The quantitative estimate of drug-likeness (QED) is 0.843. The van der Waals surface area contributed by atoms with Crippen LogP contribution in [0.1, 0.15) is 32.2 Å². The molecule has 16 heavy (non-hydrogen) atoms. The van der Waals surface area contributed by atoms with E-state index in [1.54, 1.807) is 0 Å². The van der Waals surface area contributed by atoms with Gasteiger partial charge in [0, 0.05) is 13.0 Å². The number of aromatic nitrogens is 1. The van der Waals surface area contributed by atoms with E-state index in [2.05, 4.69) is 37.9 Å². The summed E-state index contributed by atoms with van der Waals surface area (Å²) < 4.78 is 5.58. The Hall–Kier alpha value is -1.35. The highest BCUT2D eigenvalue weighted by Gasteiger charge is 2.15. The van der Waals surface area contributed by atoms with Crippen molar-refractivity contribution in [3.8, 4) is 0 Å². The fourth-order valence-corrected chi connectivity index (χ4v) is 1.67. The van der Waals surface area contributed by atoms with Crippen molar-refractivity contribution in [1.82, 2.24) is 4.98 Å². The predicted molar refractivity (Wildman–Crippen MR) is 65.5 cm³/mol. The zero-order chi connectivity index (χ0) is 11.8. The minimum Gasteiger partial charge on any atom is -0.441 e. The monoisotopic (exact) mass is 218 g/mol. The van der Waals surface area contributed by atoms with Crippen molar-refractivity contribution in [2.45, 2.75) is 32.6 Å². The number of oxazole rings is 1. The summed E-state index contributed by atoms with van der Waals surface area (Å²) in [4.78, 5) is 4.43. The van der Waals surface area contributed by atoms with Crippen molar-refractivity contribution < 1.29 is 4.42 Å². The van der Waals surface area contributed by atoms with Crippen LogP contribution in [0.25, 0.3) is 11.1 Å². The van der Waals surface area contributed by atoms with Gasteiger partial charge >= 0.3 is 0 Å². The largest absolute Gasteiger partial charge is 0.441 e. The van der Waals surface area contributed by atoms with E-state index >= 15 is 0 Å². The van der Waals surface area contributed by atoms with Crippen LogP contribution in [0.2, 0.25) is 0 Å². The van der Waals surface area contributed by atoms with Gasteiger partial charge in [0.15, 0.2) is 11.5 Å². The number of nitrogens with zero attached hydrogens (tertiary/aromatic N) is 1. The number of benzene rings is 1. The second-order valence-corrected chi connectivity index (χ2v) is 5.08. The van der Waals surface area contributed by atoms with Crippen molar-refractivity contribution in [3.05, 3.63) is 29.7 Å². The molecule has 3 nitrogen and oxygen atoms in total. The first-order chi connectivity index (χ1) is 7.50. The van der Waals surface area contributed by atoms with E-state index in [9.17, 15) is 0 Å². The molecule has 0 aliphatic rings. The van der Waals surface area contributed by atoms with Gasteiger partial charge < -0.3 is 10.2 Å². The first kappa shape index (κ1) is 11.1. The molecule has 0 radical (unpaired) electrons. The molecule has 2 N–H and O–H groups in total. The Balaban J connectivity index is 2.46. The summed E-state index contributed by atoms with van der Waals surface area (Å²) in [5.74, 6) is 0.726. The van der Waals surface area contributed by atoms with E-state index in [1.165, 1.54) is 5.56 Å². The lowest BCUT2D eigenvalue weighted by Crippen LogP contribution is -2.10. The lowest BCUT2D eigenvalue weighted by atomic mass is 9.87. The maximum absolute atomic E-state index is 5.58. The van der Waals surface area contributed by atoms with Crippen LogP contribution in [0.15, 0.2) is 22.6 Å². The second-order valence-electron chi connectivity index (χ2n) is 5.08. The minimum atomic E-state index is 0.140. The van der Waals surface area contributed by atoms with Gasteiger partial charge in [-0.1, -0.05) is 26.8 Å². The summed E-state index contributed by atoms with van der Waals surface area (Å²) >= 11 is 0. The van der Waals surface area contributed by atoms with Gasteiger partial charge in [-0.05, 0) is 23.1 Å². The molecule has 0 atom stereocenters. The molecule has 0 saturated heterocycles. The lowest BCUT2D eigenvalue weighted by Gasteiger charge is -2.18. The Morgan fingerprint density at radius 1 is 1.31 bits per heavy atom. The molecule has 1 aromatic carbocycles. The van der Waals surface area contributed by atoms with Gasteiger partial charge in [0.05, 0.1) is 0 Å². The van der Waals surface area contributed by atoms with Crippen molar-refractivity contribution in [2.75, 3.05) is 6.54 Å². The summed E-state index contributed by atoms with van der Waals surface area (Å²) in [6.07, 6.45) is 0.694. The third-order valence-electron chi connectivity index (χ3n) is 2.66. The van der Waals surface area contributed by atoms with E-state index in [1.807, 2.05) is 6.07 Å². The normalized spacial score (nSPS) is 12.2. The molecule has 0 unspecified atom stereocenters. The van der Waals surface area contributed by atoms with Crippen LogP contribution in [0.5, 0.6) is 0 Å². The number of rotatable bonds is 2. The van der Waals surface area contributed by atoms with Gasteiger partial charge in [0.1, 0.15) is 5.52 Å². The fourth-order valence-electron chi connectivity index (χ4n) is 1.67. The first-order valence-electron chi connectivity index (χ1n) is 5.61. The zero-order valence-electron chi connectivity index (χ0n) is 10.1. The Morgan fingerprint density at radius 2 is 2.06 bits per heavy atom. The van der Waals surface area contributed by atoms with E-state index < -0.39 is 0 Å². The highest BCUT2D eigenvalue weighted by atomic mass is 16.3. The number of nitrogens with two attached hydrogens (primary N) is 1. The molecule has 0 aliphatic heterocycles. The average molecular weight is 218 g/mol. The molecule has 0 amide bonds. The fraction of sp³-hybridized carbons (Fsp3) is 0.462. The van der Waals surface area contributed by atoms with Crippen LogP contribution in [0, 0.1) is 0 Å². The van der Waals surface area contributed by atoms with Gasteiger partial charge in [0.2, 0.25) is 0 Å². The van der Waals surface area contributed by atoms with Crippen LogP contribution in [0.3, 0.4) is 0 Å². The summed E-state index contributed by atoms with van der Waals surface area (Å²) in [5, 5.41) is 0. The van der Waals surface area contributed by atoms with Crippen molar-refractivity contribution >= 4 is 11.1 Å². The molecular formula is C13H18N2O. The summed E-state index contributed by atoms with van der Waals surface area (Å²) in [6.45, 7) is 7.14. The molecule has 0 bridgehead atoms. The smallest absolute Gasteiger partial charge is 0.196 e. The number of hydrogen-bond donors (Lipinski definition) is 1. The van der Waals surface area contributed by atoms with E-state index in [4.69, 9.17) is 10.2 Å². The third-order valence-corrected chi connectivity index (χ3v) is 2.66. The Labute approximate surface area is 95.7 Å². The molecular weight excluding hydrogens is 200 g/mol. The third kappa shape index (κ3) is 2.09. The molecule has 0 spiro atoms. The van der Waals surface area contributed by atoms with Gasteiger partial charge in [-0.15, -0.1) is 0 Å². The number of hydrogen-bond acceptors (Lipinski definition) is 3. The zero-order valence-corrected chi connectivity index (χ0v) is 10.1. The molecule has 0 aliphatic carbocycles. The number of fused-ring (bicyclic) bond motifs is 1. The summed E-state index contributed by atoms with van der Waals surface area (Å²) in [7, 11) is 0. The maximum Gasteiger partial charge on any atom is 0.196 e. The van der Waals surface area contributed by atoms with Gasteiger partial charge in [-0.3, -0.25) is 0 Å². The molecule has 0 saturated carbocycles. The van der Waals surface area contributed by atoms with Crippen LogP contribution in [-0.4, -0.2) is 11.5 Å². The highest BCUT2D eigenvalue weighted by Crippen LogP contribution is 2.26. The maximum atomic E-state index is 5.58. The molecule has 2 rings (SSSR count). The average Bonchev–Trinajstić information content (AvgIpc) is 2.57. The van der Waals surface area contributed by atoms with Crippen molar-refractivity contribution in [1.29, 1.82) is 0 Å². The van der Waals surface area contributed by atoms with Crippen molar-refractivity contribution in [2.24, 2.45) is 5.73 Å². The molecule has 3 heteroatoms. The van der Waals surface area contributed by atoms with Gasteiger partial charge in [0.25, 0.3) is 0 Å². The van der Waals surface area contributed by atoms with E-state index in [0.717, 1.165) is 17.0 Å². The predicted octanol–water partition coefficient (Wildman–Crippen LogP) is 2.63.